The van der Waals surface area contributed by atoms with Crippen LogP contribution in [0.1, 0.15) is 17.7 Å². The molecule has 1 aromatic heterocycles. The fourth-order valence-electron chi connectivity index (χ4n) is 0.945. The van der Waals surface area contributed by atoms with Crippen LogP contribution in [-0.4, -0.2) is 16.3 Å². The molecule has 1 rings (SSSR count). The summed E-state index contributed by atoms with van der Waals surface area (Å²) in [6.07, 6.45) is 2.55. The molecular formula is C9H13N3. The SMILES string of the molecule is Cc1cnn(C)c1C#CCCN. The van der Waals surface area contributed by atoms with Crippen molar-refractivity contribution in [2.45, 2.75) is 13.3 Å². The number of aryl methyl sites for hydroxylation is 2. The second kappa shape index (κ2) is 3.93. The molecule has 0 aliphatic heterocycles. The number of nitrogens with zero attached hydrogens (tertiary/aromatic N) is 2. The van der Waals surface area contributed by atoms with E-state index in [0.717, 1.165) is 17.7 Å². The van der Waals surface area contributed by atoms with Crippen LogP contribution in [0.3, 0.4) is 0 Å². The Bertz CT molecular complexity index is 295. The smallest absolute Gasteiger partial charge is 0.113 e. The molecular weight excluding hydrogens is 150 g/mol. The van der Waals surface area contributed by atoms with E-state index in [1.54, 1.807) is 4.68 Å². The van der Waals surface area contributed by atoms with Gasteiger partial charge in [0, 0.05) is 25.6 Å². The van der Waals surface area contributed by atoms with Crippen LogP contribution in [0.4, 0.5) is 0 Å². The Hall–Kier alpha value is -1.27. The molecule has 0 fully saturated rings. The average molecular weight is 163 g/mol. The van der Waals surface area contributed by atoms with Gasteiger partial charge in [0.2, 0.25) is 0 Å². The summed E-state index contributed by atoms with van der Waals surface area (Å²) in [6.45, 7) is 2.61. The van der Waals surface area contributed by atoms with Crippen LogP contribution in [0.2, 0.25) is 0 Å². The van der Waals surface area contributed by atoms with Gasteiger partial charge in [-0.2, -0.15) is 5.10 Å². The van der Waals surface area contributed by atoms with Crippen LogP contribution in [0.15, 0.2) is 6.20 Å². The van der Waals surface area contributed by atoms with Crippen molar-refractivity contribution in [3.05, 3.63) is 17.5 Å². The summed E-state index contributed by atoms with van der Waals surface area (Å²) in [5, 5.41) is 4.08. The Morgan fingerprint density at radius 1 is 1.67 bits per heavy atom. The fraction of sp³-hybridized carbons (Fsp3) is 0.444. The zero-order valence-corrected chi connectivity index (χ0v) is 7.46. The highest BCUT2D eigenvalue weighted by Gasteiger charge is 1.98. The molecule has 3 nitrogen and oxygen atoms in total. The molecule has 0 bridgehead atoms. The minimum atomic E-state index is 0.615. The summed E-state index contributed by atoms with van der Waals surface area (Å²) < 4.78 is 1.78. The molecule has 1 aromatic rings. The van der Waals surface area contributed by atoms with Gasteiger partial charge in [-0.15, -0.1) is 0 Å². The van der Waals surface area contributed by atoms with Gasteiger partial charge in [0.05, 0.1) is 6.20 Å². The van der Waals surface area contributed by atoms with Crippen LogP contribution in [0.25, 0.3) is 0 Å². The Balaban J connectivity index is 2.82. The number of rotatable bonds is 1. The van der Waals surface area contributed by atoms with Crippen LogP contribution < -0.4 is 5.73 Å². The number of hydrogen-bond donors (Lipinski definition) is 1. The van der Waals surface area contributed by atoms with Crippen LogP contribution in [0, 0.1) is 18.8 Å². The lowest BCUT2D eigenvalue weighted by atomic mass is 10.2. The first-order valence-corrected chi connectivity index (χ1v) is 3.93. The molecule has 0 saturated carbocycles. The Kier molecular flexibility index (Phi) is 2.89. The summed E-state index contributed by atoms with van der Waals surface area (Å²) in [5.41, 5.74) is 7.41. The summed E-state index contributed by atoms with van der Waals surface area (Å²) in [6, 6.07) is 0. The van der Waals surface area contributed by atoms with E-state index in [1.165, 1.54) is 0 Å². The van der Waals surface area contributed by atoms with Crippen molar-refractivity contribution in [3.63, 3.8) is 0 Å². The largest absolute Gasteiger partial charge is 0.330 e. The van der Waals surface area contributed by atoms with E-state index >= 15 is 0 Å². The molecule has 0 radical (unpaired) electrons. The van der Waals surface area contributed by atoms with E-state index in [1.807, 2.05) is 20.2 Å². The van der Waals surface area contributed by atoms with Crippen molar-refractivity contribution in [2.24, 2.45) is 12.8 Å². The van der Waals surface area contributed by atoms with E-state index in [0.29, 0.717) is 6.54 Å². The van der Waals surface area contributed by atoms with E-state index in [-0.39, 0.29) is 0 Å². The number of nitrogens with two attached hydrogens (primary N) is 1. The van der Waals surface area contributed by atoms with Gasteiger partial charge in [0.25, 0.3) is 0 Å². The van der Waals surface area contributed by atoms with Crippen LogP contribution >= 0.6 is 0 Å². The minimum Gasteiger partial charge on any atom is -0.330 e. The quantitative estimate of drug-likeness (QED) is 0.610. The molecule has 0 atom stereocenters. The third-order valence-corrected chi connectivity index (χ3v) is 1.60. The van der Waals surface area contributed by atoms with E-state index in [4.69, 9.17) is 5.73 Å². The van der Waals surface area contributed by atoms with E-state index in [2.05, 4.69) is 16.9 Å². The topological polar surface area (TPSA) is 43.8 Å². The Labute approximate surface area is 72.6 Å². The van der Waals surface area contributed by atoms with Gasteiger partial charge < -0.3 is 5.73 Å². The third kappa shape index (κ3) is 1.86. The zero-order valence-electron chi connectivity index (χ0n) is 7.46. The fourth-order valence-corrected chi connectivity index (χ4v) is 0.945. The van der Waals surface area contributed by atoms with Crippen molar-refractivity contribution in [3.8, 4) is 11.8 Å². The van der Waals surface area contributed by atoms with Gasteiger partial charge in [0.1, 0.15) is 5.69 Å². The first kappa shape index (κ1) is 8.82. The van der Waals surface area contributed by atoms with Crippen molar-refractivity contribution in [1.29, 1.82) is 0 Å². The average Bonchev–Trinajstić information content (AvgIpc) is 2.35. The Morgan fingerprint density at radius 3 is 2.92 bits per heavy atom. The van der Waals surface area contributed by atoms with Crippen molar-refractivity contribution in [1.82, 2.24) is 9.78 Å². The monoisotopic (exact) mass is 163 g/mol. The molecule has 0 amide bonds. The number of hydrogen-bond acceptors (Lipinski definition) is 2. The molecule has 0 aliphatic rings. The maximum Gasteiger partial charge on any atom is 0.113 e. The van der Waals surface area contributed by atoms with Gasteiger partial charge in [-0.1, -0.05) is 5.92 Å². The molecule has 0 aromatic carbocycles. The van der Waals surface area contributed by atoms with E-state index < -0.39 is 0 Å². The predicted molar refractivity (Wildman–Crippen MR) is 48.5 cm³/mol. The lowest BCUT2D eigenvalue weighted by molar-refractivity contribution is 0.757. The highest BCUT2D eigenvalue weighted by atomic mass is 15.3. The molecule has 2 N–H and O–H groups in total. The normalized spacial score (nSPS) is 9.25. The third-order valence-electron chi connectivity index (χ3n) is 1.60. The standard InChI is InChI=1S/C9H13N3/c1-8-7-11-12(2)9(8)5-3-4-6-10/h7H,4,6,10H2,1-2H3. The van der Waals surface area contributed by atoms with Gasteiger partial charge in [-0.25, -0.2) is 0 Å². The Morgan fingerprint density at radius 2 is 2.42 bits per heavy atom. The van der Waals surface area contributed by atoms with Gasteiger partial charge in [-0.3, -0.25) is 4.68 Å². The lowest BCUT2D eigenvalue weighted by Gasteiger charge is -1.91. The van der Waals surface area contributed by atoms with Gasteiger partial charge in [0.15, 0.2) is 0 Å². The van der Waals surface area contributed by atoms with Crippen molar-refractivity contribution in [2.75, 3.05) is 6.54 Å². The summed E-state index contributed by atoms with van der Waals surface area (Å²) in [5.74, 6) is 6.02. The minimum absolute atomic E-state index is 0.615. The van der Waals surface area contributed by atoms with Crippen LogP contribution in [0.5, 0.6) is 0 Å². The molecule has 12 heavy (non-hydrogen) atoms. The highest BCUT2D eigenvalue weighted by Crippen LogP contribution is 2.02. The lowest BCUT2D eigenvalue weighted by Crippen LogP contribution is -1.97. The molecule has 3 heteroatoms. The zero-order chi connectivity index (χ0) is 8.97. The predicted octanol–water partition coefficient (Wildman–Crippen LogP) is 0.429. The van der Waals surface area contributed by atoms with Crippen molar-refractivity contribution >= 4 is 0 Å². The van der Waals surface area contributed by atoms with Crippen LogP contribution in [-0.2, 0) is 7.05 Å². The first-order valence-electron chi connectivity index (χ1n) is 3.93. The summed E-state index contributed by atoms with van der Waals surface area (Å²) in [4.78, 5) is 0. The molecule has 0 unspecified atom stereocenters. The summed E-state index contributed by atoms with van der Waals surface area (Å²) >= 11 is 0. The maximum atomic E-state index is 5.32. The molecule has 0 aliphatic carbocycles. The molecule has 1 heterocycles. The second-order valence-electron chi connectivity index (χ2n) is 2.64. The molecule has 0 spiro atoms. The van der Waals surface area contributed by atoms with Crippen molar-refractivity contribution < 1.29 is 0 Å². The molecule has 64 valence electrons. The number of aromatic nitrogens is 2. The molecule has 0 saturated heterocycles. The maximum absolute atomic E-state index is 5.32. The highest BCUT2D eigenvalue weighted by molar-refractivity contribution is 5.33. The van der Waals surface area contributed by atoms with Gasteiger partial charge >= 0.3 is 0 Å². The first-order chi connectivity index (χ1) is 5.75. The second-order valence-corrected chi connectivity index (χ2v) is 2.64. The van der Waals surface area contributed by atoms with E-state index in [9.17, 15) is 0 Å². The summed E-state index contributed by atoms with van der Waals surface area (Å²) in [7, 11) is 1.89. The van der Waals surface area contributed by atoms with Gasteiger partial charge in [-0.05, 0) is 12.8 Å².